The number of ether oxygens (including phenoxy) is 1. The molecule has 0 atom stereocenters. The highest BCUT2D eigenvalue weighted by molar-refractivity contribution is 9.11. The average molecular weight is 177 g/mol. The average Bonchev–Trinajstić information content (AvgIpc) is 1.81. The van der Waals surface area contributed by atoms with Crippen LogP contribution < -0.4 is 0 Å². The standard InChI is InChI=1S/C6H9BrO/c1-2-5-8-6-3-4-7/h1,3-4H,2,5-6H2/b4-3+. The van der Waals surface area contributed by atoms with Gasteiger partial charge in [0.05, 0.1) is 6.61 Å². The second kappa shape index (κ2) is 7.18. The molecule has 1 nitrogen and oxygen atoms in total. The molecule has 0 aromatic carbocycles. The number of halogens is 1. The van der Waals surface area contributed by atoms with Crippen LogP contribution in [0.1, 0.15) is 6.42 Å². The third-order valence-electron chi connectivity index (χ3n) is 0.565. The van der Waals surface area contributed by atoms with Crippen molar-refractivity contribution >= 4 is 15.9 Å². The third-order valence-corrected chi connectivity index (χ3v) is 0.939. The van der Waals surface area contributed by atoms with Gasteiger partial charge < -0.3 is 4.74 Å². The zero-order valence-corrected chi connectivity index (χ0v) is 6.23. The van der Waals surface area contributed by atoms with E-state index >= 15 is 0 Å². The first-order valence-corrected chi connectivity index (χ1v) is 3.36. The van der Waals surface area contributed by atoms with Crippen molar-refractivity contribution in [1.29, 1.82) is 0 Å². The number of hydrogen-bond acceptors (Lipinski definition) is 1. The molecule has 0 saturated carbocycles. The molecule has 0 unspecified atom stereocenters. The maximum Gasteiger partial charge on any atom is 0.0655 e. The minimum atomic E-state index is 0.593. The summed E-state index contributed by atoms with van der Waals surface area (Å²) >= 11 is 3.11. The van der Waals surface area contributed by atoms with E-state index in [-0.39, 0.29) is 0 Å². The fourth-order valence-corrected chi connectivity index (χ4v) is 0.424. The summed E-state index contributed by atoms with van der Waals surface area (Å²) in [5, 5.41) is 0. The molecule has 2 radical (unpaired) electrons. The second-order valence-electron chi connectivity index (χ2n) is 1.23. The lowest BCUT2D eigenvalue weighted by molar-refractivity contribution is 0.167. The molecule has 0 heterocycles. The van der Waals surface area contributed by atoms with Crippen molar-refractivity contribution < 1.29 is 4.74 Å². The van der Waals surface area contributed by atoms with E-state index < -0.39 is 0 Å². The van der Waals surface area contributed by atoms with Crippen LogP contribution in [0.25, 0.3) is 0 Å². The van der Waals surface area contributed by atoms with Gasteiger partial charge in [0.2, 0.25) is 0 Å². The summed E-state index contributed by atoms with van der Waals surface area (Å²) in [5.74, 6) is 0. The lowest BCUT2D eigenvalue weighted by Gasteiger charge is -1.93. The van der Waals surface area contributed by atoms with Crippen LogP contribution in [0.2, 0.25) is 0 Å². The summed E-state index contributed by atoms with van der Waals surface area (Å²) in [5.41, 5.74) is 0. The van der Waals surface area contributed by atoms with Crippen molar-refractivity contribution in [2.45, 2.75) is 6.42 Å². The minimum absolute atomic E-state index is 0.593. The van der Waals surface area contributed by atoms with Crippen LogP contribution in [0.15, 0.2) is 11.1 Å². The van der Waals surface area contributed by atoms with Crippen molar-refractivity contribution in [3.63, 3.8) is 0 Å². The molecule has 0 aliphatic rings. The molecule has 0 amide bonds. The Labute approximate surface area is 58.9 Å². The van der Waals surface area contributed by atoms with E-state index in [0.717, 1.165) is 0 Å². The summed E-state index contributed by atoms with van der Waals surface area (Å²) < 4.78 is 4.98. The maximum atomic E-state index is 5.15. The summed E-state index contributed by atoms with van der Waals surface area (Å²) in [6, 6.07) is 0. The van der Waals surface area contributed by atoms with Gasteiger partial charge in [-0.1, -0.05) is 22.0 Å². The first kappa shape index (κ1) is 8.18. The van der Waals surface area contributed by atoms with Crippen molar-refractivity contribution in [1.82, 2.24) is 0 Å². The molecule has 0 aliphatic heterocycles. The van der Waals surface area contributed by atoms with Crippen LogP contribution in [0.4, 0.5) is 0 Å². The molecule has 0 aromatic heterocycles. The Hall–Kier alpha value is 0.180. The van der Waals surface area contributed by atoms with Crippen molar-refractivity contribution in [2.24, 2.45) is 0 Å². The Balaban J connectivity index is 2.72. The van der Waals surface area contributed by atoms with Crippen molar-refractivity contribution in [3.8, 4) is 0 Å². The molecule has 0 fully saturated rings. The Morgan fingerprint density at radius 3 is 2.88 bits per heavy atom. The highest BCUT2D eigenvalue weighted by Crippen LogP contribution is 1.84. The zero-order chi connectivity index (χ0) is 6.24. The summed E-state index contributed by atoms with van der Waals surface area (Å²) in [6.45, 7) is 6.43. The predicted molar refractivity (Wildman–Crippen MR) is 37.8 cm³/mol. The van der Waals surface area contributed by atoms with Crippen molar-refractivity contribution in [2.75, 3.05) is 13.2 Å². The maximum absolute atomic E-state index is 5.15. The highest BCUT2D eigenvalue weighted by Gasteiger charge is 1.76. The lowest BCUT2D eigenvalue weighted by atomic mass is 10.5. The van der Waals surface area contributed by atoms with Gasteiger partial charge in [0.1, 0.15) is 0 Å². The molecule has 0 aromatic rings. The molecule has 0 N–H and O–H groups in total. The van der Waals surface area contributed by atoms with Gasteiger partial charge in [-0.25, -0.2) is 0 Å². The van der Waals surface area contributed by atoms with E-state index in [1.54, 1.807) is 4.99 Å². The minimum Gasteiger partial charge on any atom is -0.377 e. The van der Waals surface area contributed by atoms with E-state index in [4.69, 9.17) is 11.7 Å². The van der Waals surface area contributed by atoms with Gasteiger partial charge in [0.25, 0.3) is 0 Å². The second-order valence-corrected chi connectivity index (χ2v) is 1.75. The molecule has 0 aliphatic carbocycles. The third kappa shape index (κ3) is 6.18. The van der Waals surface area contributed by atoms with Gasteiger partial charge >= 0.3 is 0 Å². The van der Waals surface area contributed by atoms with Crippen molar-refractivity contribution in [3.05, 3.63) is 18.0 Å². The molecule has 0 rings (SSSR count). The molecule has 8 heavy (non-hydrogen) atoms. The zero-order valence-electron chi connectivity index (χ0n) is 4.64. The van der Waals surface area contributed by atoms with Gasteiger partial charge in [-0.15, -0.1) is 0 Å². The summed E-state index contributed by atoms with van der Waals surface area (Å²) in [6.07, 6.45) is 2.46. The van der Waals surface area contributed by atoms with Crippen LogP contribution in [0.5, 0.6) is 0 Å². The largest absolute Gasteiger partial charge is 0.377 e. The van der Waals surface area contributed by atoms with Gasteiger partial charge in [-0.2, -0.15) is 0 Å². The monoisotopic (exact) mass is 176 g/mol. The van der Waals surface area contributed by atoms with Crippen LogP contribution in [0, 0.1) is 6.92 Å². The predicted octanol–water partition coefficient (Wildman–Crippen LogP) is 2.01. The quantitative estimate of drug-likeness (QED) is 0.597. The molecule has 0 spiro atoms. The topological polar surface area (TPSA) is 9.23 Å². The van der Waals surface area contributed by atoms with Crippen LogP contribution in [-0.4, -0.2) is 13.2 Å². The first-order chi connectivity index (χ1) is 3.91. The van der Waals surface area contributed by atoms with E-state index in [2.05, 4.69) is 15.9 Å². The van der Waals surface area contributed by atoms with Gasteiger partial charge in [-0.05, 0) is 18.3 Å². The Morgan fingerprint density at radius 2 is 2.38 bits per heavy atom. The fourth-order valence-electron chi connectivity index (χ4n) is 0.271. The van der Waals surface area contributed by atoms with E-state index in [1.807, 2.05) is 6.08 Å². The molecular weight excluding hydrogens is 168 g/mol. The van der Waals surface area contributed by atoms with Crippen LogP contribution >= 0.6 is 15.9 Å². The molecule has 2 heteroatoms. The van der Waals surface area contributed by atoms with Gasteiger partial charge in [-0.3, -0.25) is 0 Å². The van der Waals surface area contributed by atoms with Gasteiger partial charge in [0, 0.05) is 6.61 Å². The van der Waals surface area contributed by atoms with Gasteiger partial charge in [0.15, 0.2) is 0 Å². The van der Waals surface area contributed by atoms with E-state index in [0.29, 0.717) is 19.6 Å². The lowest BCUT2D eigenvalue weighted by Crippen LogP contribution is -1.90. The smallest absolute Gasteiger partial charge is 0.0655 e. The van der Waals surface area contributed by atoms with E-state index in [9.17, 15) is 0 Å². The normalized spacial score (nSPS) is 10.8. The number of rotatable bonds is 4. The number of hydrogen-bond donors (Lipinski definition) is 0. The Morgan fingerprint density at radius 1 is 1.62 bits per heavy atom. The van der Waals surface area contributed by atoms with E-state index in [1.165, 1.54) is 0 Å². The van der Waals surface area contributed by atoms with Crippen LogP contribution in [-0.2, 0) is 4.74 Å². The molecule has 0 bridgehead atoms. The summed E-state index contributed by atoms with van der Waals surface area (Å²) in [7, 11) is 0. The molecule has 46 valence electrons. The molecular formula is C6H9BrO. The Bertz CT molecular complexity index is 61.5. The highest BCUT2D eigenvalue weighted by atomic mass is 79.9. The fraction of sp³-hybridized carbons (Fsp3) is 0.500. The SMILES string of the molecule is [CH]CCOC/C=C/Br. The molecule has 0 saturated heterocycles. The van der Waals surface area contributed by atoms with Crippen LogP contribution in [0.3, 0.4) is 0 Å². The Kier molecular flexibility index (Phi) is 7.34. The summed E-state index contributed by atoms with van der Waals surface area (Å²) in [4.78, 5) is 1.77. The first-order valence-electron chi connectivity index (χ1n) is 2.45.